The number of rotatable bonds is 1. The molecule has 0 fully saturated rings. The molecule has 1 rings (SSSR count). The molecule has 0 aliphatic rings. The van der Waals surface area contributed by atoms with Crippen molar-refractivity contribution in [3.05, 3.63) is 28.7 Å². The molecule has 0 radical (unpaired) electrons. The summed E-state index contributed by atoms with van der Waals surface area (Å²) in [6.45, 7) is 0. The third kappa shape index (κ3) is 3.27. The molecule has 0 aliphatic carbocycles. The molecule has 58 valence electrons. The van der Waals surface area contributed by atoms with Gasteiger partial charge in [-0.05, 0) is 47.6 Å². The van der Waals surface area contributed by atoms with Crippen LogP contribution in [-0.2, 0) is 0 Å². The zero-order chi connectivity index (χ0) is 8.27. The second kappa shape index (κ2) is 4.14. The van der Waals surface area contributed by atoms with Crippen molar-refractivity contribution in [2.45, 2.75) is 4.90 Å². The van der Waals surface area contributed by atoms with Crippen LogP contribution in [0.1, 0.15) is 0 Å². The van der Waals surface area contributed by atoms with Crippen molar-refractivity contribution in [2.75, 3.05) is 0 Å². The fraction of sp³-hybridized carbons (Fsp3) is 0. The average Bonchev–Trinajstić information content (AvgIpc) is 1.93. The second-order valence-corrected chi connectivity index (χ2v) is 4.32. The van der Waals surface area contributed by atoms with Crippen LogP contribution in [0.5, 0.6) is 0 Å². The molecule has 0 atom stereocenters. The molecule has 0 N–H and O–H groups in total. The Kier molecular flexibility index (Phi) is 3.43. The summed E-state index contributed by atoms with van der Waals surface area (Å²) >= 11 is 9.46. The first kappa shape index (κ1) is 9.10. The summed E-state index contributed by atoms with van der Waals surface area (Å²) in [7, 11) is 0. The molecule has 0 unspecified atom stereocenters. The lowest BCUT2D eigenvalue weighted by Gasteiger charge is -1.94. The van der Waals surface area contributed by atoms with Gasteiger partial charge in [-0.2, -0.15) is 0 Å². The molecule has 0 amide bonds. The van der Waals surface area contributed by atoms with Crippen LogP contribution in [0.3, 0.4) is 0 Å². The number of halogens is 2. The Morgan fingerprint density at radius 3 is 2.36 bits per heavy atom. The van der Waals surface area contributed by atoms with Gasteiger partial charge in [0.2, 0.25) is 0 Å². The zero-order valence-corrected chi connectivity index (χ0v) is 8.54. The van der Waals surface area contributed by atoms with E-state index in [4.69, 9.17) is 11.6 Å². The van der Waals surface area contributed by atoms with Crippen molar-refractivity contribution in [2.24, 2.45) is 0 Å². The maximum absolute atomic E-state index is 10.4. The van der Waals surface area contributed by atoms with Crippen LogP contribution in [0, 0.1) is 0 Å². The smallest absolute Gasteiger partial charge is 0.268 e. The summed E-state index contributed by atoms with van der Waals surface area (Å²) < 4.78 is 0.580. The normalized spacial score (nSPS) is 9.64. The predicted molar refractivity (Wildman–Crippen MR) is 51.2 cm³/mol. The van der Waals surface area contributed by atoms with Crippen molar-refractivity contribution in [1.29, 1.82) is 0 Å². The lowest BCUT2D eigenvalue weighted by molar-refractivity contribution is 0.276. The van der Waals surface area contributed by atoms with Crippen LogP contribution in [0.4, 0.5) is 4.79 Å². The van der Waals surface area contributed by atoms with E-state index in [1.165, 1.54) is 0 Å². The van der Waals surface area contributed by atoms with Crippen molar-refractivity contribution >= 4 is 43.9 Å². The number of hydrogen-bond acceptors (Lipinski definition) is 2. The molecule has 0 aliphatic heterocycles. The number of hydrogen-bond donors (Lipinski definition) is 0. The number of carbonyl (C=O) groups is 1. The molecule has 1 aromatic carbocycles. The van der Waals surface area contributed by atoms with Crippen LogP contribution in [0.15, 0.2) is 33.6 Å². The Morgan fingerprint density at radius 1 is 1.36 bits per heavy atom. The number of carbonyl (C=O) groups excluding carboxylic acids is 1. The fourth-order valence-electron chi connectivity index (χ4n) is 0.595. The number of benzene rings is 1. The summed E-state index contributed by atoms with van der Waals surface area (Å²) in [6.07, 6.45) is 0. The quantitative estimate of drug-likeness (QED) is 0.556. The SMILES string of the molecule is O=C(Cl)Sc1ccc(Br)cc1. The first-order valence-corrected chi connectivity index (χ1v) is 4.80. The van der Waals surface area contributed by atoms with Crippen LogP contribution in [-0.4, -0.2) is 4.57 Å². The van der Waals surface area contributed by atoms with Gasteiger partial charge < -0.3 is 0 Å². The average molecular weight is 252 g/mol. The molecule has 0 saturated heterocycles. The van der Waals surface area contributed by atoms with E-state index >= 15 is 0 Å². The Balaban J connectivity index is 2.74. The van der Waals surface area contributed by atoms with E-state index in [-0.39, 0.29) is 0 Å². The monoisotopic (exact) mass is 250 g/mol. The molecule has 4 heteroatoms. The third-order valence-corrected chi connectivity index (χ3v) is 2.44. The summed E-state index contributed by atoms with van der Waals surface area (Å²) in [5.74, 6) is 0. The van der Waals surface area contributed by atoms with Gasteiger partial charge in [0.1, 0.15) is 0 Å². The van der Waals surface area contributed by atoms with Crippen LogP contribution in [0.2, 0.25) is 0 Å². The first-order valence-electron chi connectivity index (χ1n) is 2.81. The van der Waals surface area contributed by atoms with Gasteiger partial charge in [-0.15, -0.1) is 0 Å². The van der Waals surface area contributed by atoms with Gasteiger partial charge in [0.15, 0.2) is 0 Å². The van der Waals surface area contributed by atoms with Crippen molar-refractivity contribution in [1.82, 2.24) is 0 Å². The number of thioether (sulfide) groups is 1. The van der Waals surface area contributed by atoms with Gasteiger partial charge in [-0.25, -0.2) is 0 Å². The van der Waals surface area contributed by atoms with Gasteiger partial charge in [0.05, 0.1) is 0 Å². The minimum absolute atomic E-state index is 0.410. The van der Waals surface area contributed by atoms with Crippen molar-refractivity contribution < 1.29 is 4.79 Å². The molecule has 0 spiro atoms. The largest absolute Gasteiger partial charge is 0.284 e. The van der Waals surface area contributed by atoms with E-state index in [9.17, 15) is 4.79 Å². The second-order valence-electron chi connectivity index (χ2n) is 1.79. The van der Waals surface area contributed by atoms with Gasteiger partial charge in [0, 0.05) is 9.37 Å². The lowest BCUT2D eigenvalue weighted by Crippen LogP contribution is -1.74. The van der Waals surface area contributed by atoms with Crippen LogP contribution >= 0.6 is 39.3 Å². The lowest BCUT2D eigenvalue weighted by atomic mass is 10.4. The minimum Gasteiger partial charge on any atom is -0.268 e. The maximum atomic E-state index is 10.4. The first-order chi connectivity index (χ1) is 5.18. The van der Waals surface area contributed by atoms with Gasteiger partial charge in [-0.3, -0.25) is 4.79 Å². The molecular formula is C7H4BrClOS. The highest BCUT2D eigenvalue weighted by Gasteiger charge is 1.98. The van der Waals surface area contributed by atoms with Gasteiger partial charge in [-0.1, -0.05) is 15.9 Å². The third-order valence-electron chi connectivity index (χ3n) is 1.01. The Morgan fingerprint density at radius 2 is 1.91 bits per heavy atom. The highest BCUT2D eigenvalue weighted by Crippen LogP contribution is 2.22. The van der Waals surface area contributed by atoms with E-state index < -0.39 is 4.57 Å². The van der Waals surface area contributed by atoms with E-state index in [1.54, 1.807) is 0 Å². The van der Waals surface area contributed by atoms with Gasteiger partial charge >= 0.3 is 0 Å². The molecule has 11 heavy (non-hydrogen) atoms. The Bertz CT molecular complexity index is 260. The molecule has 0 saturated carbocycles. The molecule has 1 nitrogen and oxygen atoms in total. The van der Waals surface area contributed by atoms with Crippen molar-refractivity contribution in [3.63, 3.8) is 0 Å². The molecule has 0 aromatic heterocycles. The zero-order valence-electron chi connectivity index (χ0n) is 5.38. The van der Waals surface area contributed by atoms with Crippen molar-refractivity contribution in [3.8, 4) is 0 Å². The molecular weight excluding hydrogens is 247 g/mol. The molecule has 0 bridgehead atoms. The predicted octanol–water partition coefficient (Wildman–Crippen LogP) is 3.90. The van der Waals surface area contributed by atoms with E-state index in [0.29, 0.717) is 0 Å². The van der Waals surface area contributed by atoms with E-state index in [1.807, 2.05) is 24.3 Å². The highest BCUT2D eigenvalue weighted by molar-refractivity contribution is 9.10. The van der Waals surface area contributed by atoms with Crippen LogP contribution in [0.25, 0.3) is 0 Å². The summed E-state index contributed by atoms with van der Waals surface area (Å²) in [5.41, 5.74) is 0. The molecule has 1 aromatic rings. The summed E-state index contributed by atoms with van der Waals surface area (Å²) in [6, 6.07) is 7.38. The minimum atomic E-state index is -0.410. The Hall–Kier alpha value is 0.01000. The summed E-state index contributed by atoms with van der Waals surface area (Å²) in [5, 5.41) is 0. The van der Waals surface area contributed by atoms with E-state index in [2.05, 4.69) is 15.9 Å². The van der Waals surface area contributed by atoms with Gasteiger partial charge in [0.25, 0.3) is 4.57 Å². The van der Waals surface area contributed by atoms with Crippen LogP contribution < -0.4 is 0 Å². The molecule has 0 heterocycles. The van der Waals surface area contributed by atoms with E-state index in [0.717, 1.165) is 21.1 Å². The topological polar surface area (TPSA) is 17.1 Å². The highest BCUT2D eigenvalue weighted by atomic mass is 79.9. The maximum Gasteiger partial charge on any atom is 0.284 e. The standard InChI is InChI=1S/C7H4BrClOS/c8-5-1-3-6(4-2-5)11-7(9)10/h1-4H. The Labute approximate surface area is 82.3 Å². The fourth-order valence-corrected chi connectivity index (χ4v) is 1.58. The summed E-state index contributed by atoms with van der Waals surface area (Å²) in [4.78, 5) is 11.3.